The van der Waals surface area contributed by atoms with Gasteiger partial charge >= 0.3 is 0 Å². The molecular formula is C20H18N6O2S. The van der Waals surface area contributed by atoms with E-state index in [-0.39, 0.29) is 23.2 Å². The van der Waals surface area contributed by atoms with E-state index in [4.69, 9.17) is 0 Å². The Bertz CT molecular complexity index is 1250. The van der Waals surface area contributed by atoms with Crippen LogP contribution in [0.4, 0.5) is 5.69 Å². The fourth-order valence-electron chi connectivity index (χ4n) is 2.85. The first-order chi connectivity index (χ1) is 14.0. The summed E-state index contributed by atoms with van der Waals surface area (Å²) in [6, 6.07) is 12.8. The van der Waals surface area contributed by atoms with Crippen molar-refractivity contribution in [3.63, 3.8) is 0 Å². The third kappa shape index (κ3) is 3.90. The summed E-state index contributed by atoms with van der Waals surface area (Å²) in [4.78, 5) is 34.0. The molecule has 0 atom stereocenters. The molecule has 29 heavy (non-hydrogen) atoms. The summed E-state index contributed by atoms with van der Waals surface area (Å²) in [5, 5.41) is 10.2. The van der Waals surface area contributed by atoms with Gasteiger partial charge in [-0.1, -0.05) is 30.0 Å². The lowest BCUT2D eigenvalue weighted by Crippen LogP contribution is -2.23. The SMILES string of the molecule is Cc1ccc(NC(=O)CSc2nc3ccccc3c(=O)n2-c2ncn[nH]2)cc1C. The molecule has 0 saturated carbocycles. The Hall–Kier alpha value is -3.46. The summed E-state index contributed by atoms with van der Waals surface area (Å²) in [5.74, 6) is 0.154. The van der Waals surface area contributed by atoms with Gasteiger partial charge in [-0.15, -0.1) is 0 Å². The number of nitrogens with one attached hydrogen (secondary N) is 2. The topological polar surface area (TPSA) is 106 Å². The first-order valence-corrected chi connectivity index (χ1v) is 9.89. The van der Waals surface area contributed by atoms with Gasteiger partial charge < -0.3 is 5.32 Å². The number of nitrogens with zero attached hydrogens (tertiary/aromatic N) is 4. The van der Waals surface area contributed by atoms with Crippen LogP contribution in [0, 0.1) is 13.8 Å². The molecule has 4 aromatic rings. The molecular weight excluding hydrogens is 388 g/mol. The number of hydrogen-bond acceptors (Lipinski definition) is 6. The molecule has 2 aromatic heterocycles. The van der Waals surface area contributed by atoms with Crippen LogP contribution in [0.1, 0.15) is 11.1 Å². The van der Waals surface area contributed by atoms with E-state index < -0.39 is 0 Å². The number of aromatic nitrogens is 5. The number of para-hydroxylation sites is 1. The molecule has 2 heterocycles. The molecule has 2 N–H and O–H groups in total. The van der Waals surface area contributed by atoms with Gasteiger partial charge in [0.15, 0.2) is 5.16 Å². The van der Waals surface area contributed by atoms with Crippen molar-refractivity contribution < 1.29 is 4.79 Å². The molecule has 0 bridgehead atoms. The number of benzene rings is 2. The highest BCUT2D eigenvalue weighted by atomic mass is 32.2. The zero-order valence-electron chi connectivity index (χ0n) is 15.8. The van der Waals surface area contributed by atoms with Crippen LogP contribution in [0.3, 0.4) is 0 Å². The number of aryl methyl sites for hydroxylation is 2. The number of amides is 1. The highest BCUT2D eigenvalue weighted by Crippen LogP contribution is 2.20. The first-order valence-electron chi connectivity index (χ1n) is 8.90. The van der Waals surface area contributed by atoms with Crippen molar-refractivity contribution in [2.24, 2.45) is 0 Å². The van der Waals surface area contributed by atoms with Crippen LogP contribution in [0.15, 0.2) is 58.7 Å². The molecule has 1 amide bonds. The third-order valence-electron chi connectivity index (χ3n) is 4.48. The van der Waals surface area contributed by atoms with Gasteiger partial charge in [0.2, 0.25) is 11.9 Å². The van der Waals surface area contributed by atoms with Gasteiger partial charge in [-0.05, 0) is 49.2 Å². The summed E-state index contributed by atoms with van der Waals surface area (Å²) in [6.45, 7) is 4.01. The van der Waals surface area contributed by atoms with Crippen LogP contribution in [0.5, 0.6) is 0 Å². The number of H-pyrrole nitrogens is 1. The average Bonchev–Trinajstić information content (AvgIpc) is 3.23. The van der Waals surface area contributed by atoms with Crippen LogP contribution >= 0.6 is 11.8 Å². The summed E-state index contributed by atoms with van der Waals surface area (Å²) >= 11 is 1.16. The maximum atomic E-state index is 13.0. The smallest absolute Gasteiger partial charge is 0.269 e. The van der Waals surface area contributed by atoms with E-state index >= 15 is 0 Å². The summed E-state index contributed by atoms with van der Waals surface area (Å²) < 4.78 is 1.34. The van der Waals surface area contributed by atoms with Gasteiger partial charge in [-0.3, -0.25) is 9.59 Å². The van der Waals surface area contributed by atoms with E-state index in [1.165, 1.54) is 10.9 Å². The summed E-state index contributed by atoms with van der Waals surface area (Å²) in [6.07, 6.45) is 1.32. The van der Waals surface area contributed by atoms with Crippen LogP contribution in [-0.2, 0) is 4.79 Å². The van der Waals surface area contributed by atoms with Crippen LogP contribution in [0.25, 0.3) is 16.9 Å². The zero-order chi connectivity index (χ0) is 20.4. The largest absolute Gasteiger partial charge is 0.325 e. The minimum Gasteiger partial charge on any atom is -0.325 e. The van der Waals surface area contributed by atoms with E-state index in [2.05, 4.69) is 25.5 Å². The van der Waals surface area contributed by atoms with E-state index in [1.807, 2.05) is 38.1 Å². The normalized spacial score (nSPS) is 11.0. The molecule has 8 nitrogen and oxygen atoms in total. The van der Waals surface area contributed by atoms with Crippen molar-refractivity contribution in [3.05, 3.63) is 70.3 Å². The van der Waals surface area contributed by atoms with Crippen molar-refractivity contribution in [1.29, 1.82) is 0 Å². The second kappa shape index (κ2) is 7.88. The number of fused-ring (bicyclic) bond motifs is 1. The molecule has 0 aliphatic heterocycles. The van der Waals surface area contributed by atoms with Gasteiger partial charge in [-0.2, -0.15) is 10.1 Å². The number of carbonyl (C=O) groups excluding carboxylic acids is 1. The number of thioether (sulfide) groups is 1. The lowest BCUT2D eigenvalue weighted by molar-refractivity contribution is -0.113. The Morgan fingerprint density at radius 1 is 1.17 bits per heavy atom. The van der Waals surface area contributed by atoms with Gasteiger partial charge in [0, 0.05) is 5.69 Å². The lowest BCUT2D eigenvalue weighted by Gasteiger charge is -2.11. The lowest BCUT2D eigenvalue weighted by atomic mass is 10.1. The molecule has 2 aromatic carbocycles. The van der Waals surface area contributed by atoms with E-state index in [9.17, 15) is 9.59 Å². The first kappa shape index (κ1) is 18.9. The Labute approximate surface area is 170 Å². The molecule has 0 radical (unpaired) electrons. The van der Waals surface area contributed by atoms with Gasteiger partial charge in [0.25, 0.3) is 5.56 Å². The third-order valence-corrected chi connectivity index (χ3v) is 5.42. The molecule has 9 heteroatoms. The van der Waals surface area contributed by atoms with Crippen molar-refractivity contribution in [2.75, 3.05) is 11.1 Å². The van der Waals surface area contributed by atoms with E-state index in [0.29, 0.717) is 16.1 Å². The predicted molar refractivity (Wildman–Crippen MR) is 113 cm³/mol. The highest BCUT2D eigenvalue weighted by Gasteiger charge is 2.16. The van der Waals surface area contributed by atoms with Crippen LogP contribution in [0.2, 0.25) is 0 Å². The Morgan fingerprint density at radius 3 is 2.76 bits per heavy atom. The highest BCUT2D eigenvalue weighted by molar-refractivity contribution is 7.99. The fourth-order valence-corrected chi connectivity index (χ4v) is 3.64. The van der Waals surface area contributed by atoms with Gasteiger partial charge in [-0.25, -0.2) is 14.6 Å². The van der Waals surface area contributed by atoms with Crippen molar-refractivity contribution in [2.45, 2.75) is 19.0 Å². The monoisotopic (exact) mass is 406 g/mol. The van der Waals surface area contributed by atoms with E-state index in [0.717, 1.165) is 28.6 Å². The number of aromatic amines is 1. The predicted octanol–water partition coefficient (Wildman–Crippen LogP) is 2.85. The molecule has 0 unspecified atom stereocenters. The summed E-state index contributed by atoms with van der Waals surface area (Å²) in [7, 11) is 0. The average molecular weight is 406 g/mol. The van der Waals surface area contributed by atoms with Gasteiger partial charge in [0.1, 0.15) is 6.33 Å². The molecule has 0 spiro atoms. The number of rotatable bonds is 5. The minimum atomic E-state index is -0.274. The Kier molecular flexibility index (Phi) is 5.13. The standard InChI is InChI=1S/C20H18N6O2S/c1-12-7-8-14(9-13(12)2)23-17(27)10-29-20-24-16-6-4-3-5-15(16)18(28)26(20)19-21-11-22-25-19/h3-9,11H,10H2,1-2H3,(H,23,27)(H,21,22,25). The quantitative estimate of drug-likeness (QED) is 0.390. The van der Waals surface area contributed by atoms with Crippen LogP contribution < -0.4 is 10.9 Å². The molecule has 0 saturated heterocycles. The second-order valence-corrected chi connectivity index (χ2v) is 7.44. The Balaban J connectivity index is 1.61. The second-order valence-electron chi connectivity index (χ2n) is 6.50. The number of carbonyl (C=O) groups is 1. The molecule has 0 aliphatic rings. The molecule has 0 aliphatic carbocycles. The van der Waals surface area contributed by atoms with Crippen LogP contribution in [-0.4, -0.2) is 36.4 Å². The molecule has 0 fully saturated rings. The molecule has 4 rings (SSSR count). The number of hydrogen-bond donors (Lipinski definition) is 2. The fraction of sp³-hybridized carbons (Fsp3) is 0.150. The van der Waals surface area contributed by atoms with Crippen molar-refractivity contribution in [3.8, 4) is 5.95 Å². The van der Waals surface area contributed by atoms with Gasteiger partial charge in [0.05, 0.1) is 16.7 Å². The summed E-state index contributed by atoms with van der Waals surface area (Å²) in [5.41, 5.74) is 3.28. The zero-order valence-corrected chi connectivity index (χ0v) is 16.7. The van der Waals surface area contributed by atoms with Crippen molar-refractivity contribution in [1.82, 2.24) is 24.7 Å². The maximum Gasteiger partial charge on any atom is 0.269 e. The molecule has 146 valence electrons. The maximum absolute atomic E-state index is 13.0. The van der Waals surface area contributed by atoms with E-state index in [1.54, 1.807) is 18.2 Å². The number of anilines is 1. The minimum absolute atomic E-state index is 0.0891. The van der Waals surface area contributed by atoms with Crippen molar-refractivity contribution >= 4 is 34.3 Å². The Morgan fingerprint density at radius 2 is 2.00 bits per heavy atom.